The van der Waals surface area contributed by atoms with E-state index >= 15 is 0 Å². The van der Waals surface area contributed by atoms with Gasteiger partial charge in [-0.3, -0.25) is 9.59 Å². The summed E-state index contributed by atoms with van der Waals surface area (Å²) in [5.74, 6) is 0.670. The molecule has 11 heteroatoms. The maximum absolute atomic E-state index is 13.6. The number of anilines is 2. The van der Waals surface area contributed by atoms with Crippen LogP contribution in [0.15, 0.2) is 72.9 Å². The van der Waals surface area contributed by atoms with Crippen LogP contribution in [0.5, 0.6) is 11.5 Å². The van der Waals surface area contributed by atoms with E-state index in [2.05, 4.69) is 10.6 Å². The lowest BCUT2D eigenvalue weighted by atomic mass is 10.0. The molecule has 5 rings (SSSR count). The van der Waals surface area contributed by atoms with Crippen molar-refractivity contribution in [2.45, 2.75) is 38.8 Å². The molecule has 0 spiro atoms. The van der Waals surface area contributed by atoms with Gasteiger partial charge in [0.05, 0.1) is 39.1 Å². The maximum atomic E-state index is 13.6. The summed E-state index contributed by atoms with van der Waals surface area (Å²) < 4.78 is 13.8. The number of rotatable bonds is 9. The zero-order valence-electron chi connectivity index (χ0n) is 27.5. The molecule has 0 saturated carbocycles. The summed E-state index contributed by atoms with van der Waals surface area (Å²) >= 11 is 0. The van der Waals surface area contributed by atoms with Gasteiger partial charge in [-0.25, -0.2) is 4.79 Å². The van der Waals surface area contributed by atoms with Crippen molar-refractivity contribution in [2.75, 3.05) is 44.5 Å². The van der Waals surface area contributed by atoms with Crippen LogP contribution in [-0.4, -0.2) is 83.3 Å². The number of urea groups is 1. The van der Waals surface area contributed by atoms with Gasteiger partial charge >= 0.3 is 6.03 Å². The van der Waals surface area contributed by atoms with E-state index in [0.717, 1.165) is 16.5 Å². The van der Waals surface area contributed by atoms with Crippen LogP contribution in [-0.2, 0) is 29.5 Å². The molecule has 0 radical (unpaired) electrons. The number of benzene rings is 3. The molecule has 11 nitrogen and oxygen atoms in total. The summed E-state index contributed by atoms with van der Waals surface area (Å²) in [4.78, 5) is 43.1. The lowest BCUT2D eigenvalue weighted by Gasteiger charge is -2.34. The molecule has 1 aliphatic rings. The van der Waals surface area contributed by atoms with Gasteiger partial charge in [0.15, 0.2) is 0 Å². The van der Waals surface area contributed by atoms with Crippen LogP contribution in [0.1, 0.15) is 25.0 Å². The van der Waals surface area contributed by atoms with Crippen LogP contribution in [0, 0.1) is 5.92 Å². The topological polar surface area (TPSA) is 125 Å². The number of aryl methyl sites for hydroxylation is 1. The van der Waals surface area contributed by atoms with Gasteiger partial charge in [0.25, 0.3) is 0 Å². The molecule has 4 amide bonds. The molecule has 1 aromatic heterocycles. The molecule has 0 bridgehead atoms. The van der Waals surface area contributed by atoms with Gasteiger partial charge in [-0.1, -0.05) is 25.1 Å². The number of methoxy groups -OCH3 is 1. The molecule has 0 fully saturated rings. The Morgan fingerprint density at radius 3 is 2.53 bits per heavy atom. The van der Waals surface area contributed by atoms with Crippen molar-refractivity contribution in [3.05, 3.63) is 84.1 Å². The number of aliphatic hydroxyl groups excluding tert-OH is 1. The first-order valence-corrected chi connectivity index (χ1v) is 15.7. The van der Waals surface area contributed by atoms with E-state index in [1.165, 1.54) is 0 Å². The van der Waals surface area contributed by atoms with E-state index < -0.39 is 12.1 Å². The van der Waals surface area contributed by atoms with E-state index in [0.29, 0.717) is 35.0 Å². The Kier molecular flexibility index (Phi) is 10.4. The number of nitrogens with zero attached hydrogens (tertiary/aromatic N) is 3. The molecule has 0 saturated heterocycles. The SMILES string of the molecule is COc1ccc(NC(=O)N(C)C[C@@H]2Oc3ccc(NC(=O)Cc4cn(C)c5ccccc45)cc3CC(=O)N([C@H](C)CO)C[C@@H]2C)cc1. The molecule has 0 unspecified atom stereocenters. The lowest BCUT2D eigenvalue weighted by Crippen LogP contribution is -2.48. The Morgan fingerprint density at radius 1 is 1.09 bits per heavy atom. The third-order valence-electron chi connectivity index (χ3n) is 8.67. The van der Waals surface area contributed by atoms with Crippen LogP contribution in [0.4, 0.5) is 16.2 Å². The summed E-state index contributed by atoms with van der Waals surface area (Å²) in [5, 5.41) is 16.9. The number of likely N-dealkylation sites (N-methyl/N-ethyl adjacent to an activating group) is 1. The highest BCUT2D eigenvalue weighted by Crippen LogP contribution is 2.30. The number of para-hydroxylation sites is 1. The van der Waals surface area contributed by atoms with Crippen molar-refractivity contribution in [2.24, 2.45) is 13.0 Å². The van der Waals surface area contributed by atoms with E-state index in [9.17, 15) is 19.5 Å². The average Bonchev–Trinajstić information content (AvgIpc) is 3.39. The maximum Gasteiger partial charge on any atom is 0.321 e. The van der Waals surface area contributed by atoms with E-state index in [-0.39, 0.29) is 49.8 Å². The number of hydrogen-bond acceptors (Lipinski definition) is 6. The van der Waals surface area contributed by atoms with Gasteiger partial charge in [0, 0.05) is 60.6 Å². The Bertz CT molecular complexity index is 1740. The second-order valence-electron chi connectivity index (χ2n) is 12.3. The first kappa shape index (κ1) is 33.3. The largest absolute Gasteiger partial charge is 0.497 e. The third kappa shape index (κ3) is 7.86. The van der Waals surface area contributed by atoms with Crippen molar-refractivity contribution >= 4 is 40.1 Å². The molecular weight excluding hydrogens is 598 g/mol. The van der Waals surface area contributed by atoms with Crippen LogP contribution < -0.4 is 20.1 Å². The van der Waals surface area contributed by atoms with Crippen LogP contribution in [0.3, 0.4) is 0 Å². The molecule has 1 aliphatic heterocycles. The van der Waals surface area contributed by atoms with E-state index in [1.54, 1.807) is 73.3 Å². The monoisotopic (exact) mass is 641 g/mol. The van der Waals surface area contributed by atoms with Gasteiger partial charge in [-0.2, -0.15) is 0 Å². The minimum Gasteiger partial charge on any atom is -0.497 e. The summed E-state index contributed by atoms with van der Waals surface area (Å²) in [6, 6.07) is 19.6. The fourth-order valence-electron chi connectivity index (χ4n) is 5.92. The molecular formula is C36H43N5O6. The second kappa shape index (κ2) is 14.6. The van der Waals surface area contributed by atoms with Gasteiger partial charge < -0.3 is 39.6 Å². The van der Waals surface area contributed by atoms with Crippen LogP contribution >= 0.6 is 0 Å². The van der Waals surface area contributed by atoms with Gasteiger partial charge in [0.2, 0.25) is 11.8 Å². The quantitative estimate of drug-likeness (QED) is 0.244. The zero-order chi connectivity index (χ0) is 33.7. The number of carbonyl (C=O) groups is 3. The number of fused-ring (bicyclic) bond motifs is 2. The van der Waals surface area contributed by atoms with Crippen molar-refractivity contribution < 1.29 is 29.0 Å². The smallest absolute Gasteiger partial charge is 0.321 e. The van der Waals surface area contributed by atoms with Crippen molar-refractivity contribution in [1.82, 2.24) is 14.4 Å². The Balaban J connectivity index is 1.35. The van der Waals surface area contributed by atoms with Crippen LogP contribution in [0.25, 0.3) is 10.9 Å². The minimum atomic E-state index is -0.480. The number of carbonyl (C=O) groups excluding carboxylic acids is 3. The molecule has 3 N–H and O–H groups in total. The lowest BCUT2D eigenvalue weighted by molar-refractivity contribution is -0.134. The number of aliphatic hydroxyl groups is 1. The Labute approximate surface area is 275 Å². The highest BCUT2D eigenvalue weighted by molar-refractivity contribution is 5.96. The molecule has 2 heterocycles. The molecule has 3 aromatic carbocycles. The number of ether oxygens (including phenoxy) is 2. The number of amides is 4. The molecule has 3 atom stereocenters. The first-order valence-electron chi connectivity index (χ1n) is 15.7. The Morgan fingerprint density at radius 2 is 1.81 bits per heavy atom. The highest BCUT2D eigenvalue weighted by atomic mass is 16.5. The molecule has 47 heavy (non-hydrogen) atoms. The molecule has 0 aliphatic carbocycles. The molecule has 4 aromatic rings. The van der Waals surface area contributed by atoms with E-state index in [1.807, 2.05) is 49.0 Å². The van der Waals surface area contributed by atoms with E-state index in [4.69, 9.17) is 9.47 Å². The number of nitrogens with one attached hydrogen (secondary N) is 2. The van der Waals surface area contributed by atoms with Gasteiger partial charge in [-0.05, 0) is 61.0 Å². The van der Waals surface area contributed by atoms with Crippen molar-refractivity contribution in [1.29, 1.82) is 0 Å². The second-order valence-corrected chi connectivity index (χ2v) is 12.3. The number of aromatic nitrogens is 1. The van der Waals surface area contributed by atoms with Crippen LogP contribution in [0.2, 0.25) is 0 Å². The van der Waals surface area contributed by atoms with Crippen molar-refractivity contribution in [3.8, 4) is 11.5 Å². The fourth-order valence-corrected chi connectivity index (χ4v) is 5.92. The number of hydrogen-bond donors (Lipinski definition) is 3. The van der Waals surface area contributed by atoms with Crippen molar-refractivity contribution in [3.63, 3.8) is 0 Å². The zero-order valence-corrected chi connectivity index (χ0v) is 27.5. The Hall–Kier alpha value is -5.03. The van der Waals surface area contributed by atoms with Gasteiger partial charge in [0.1, 0.15) is 17.6 Å². The normalized spacial score (nSPS) is 17.1. The average molecular weight is 642 g/mol. The summed E-state index contributed by atoms with van der Waals surface area (Å²) in [6.45, 7) is 4.16. The minimum absolute atomic E-state index is 0.0277. The summed E-state index contributed by atoms with van der Waals surface area (Å²) in [5.41, 5.74) is 3.76. The molecule has 248 valence electrons. The highest BCUT2D eigenvalue weighted by Gasteiger charge is 2.32. The van der Waals surface area contributed by atoms with Gasteiger partial charge in [-0.15, -0.1) is 0 Å². The third-order valence-corrected chi connectivity index (χ3v) is 8.67. The first-order chi connectivity index (χ1) is 22.6. The summed E-state index contributed by atoms with van der Waals surface area (Å²) in [6.07, 6.45) is 1.71. The summed E-state index contributed by atoms with van der Waals surface area (Å²) in [7, 11) is 5.23. The predicted octanol–water partition coefficient (Wildman–Crippen LogP) is 4.68. The predicted molar refractivity (Wildman–Crippen MR) is 182 cm³/mol. The fraction of sp³-hybridized carbons (Fsp3) is 0.361. The standard InChI is InChI=1S/C36H43N5O6/c1-23-19-41(24(2)22-42)35(44)18-25-16-28(37-34(43)17-26-20-39(3)31-9-7-6-8-30(26)31)12-15-32(25)47-33(23)21-40(4)36(45)38-27-10-13-29(46-5)14-11-27/h6-16,20,23-24,33,42H,17-19,21-22H2,1-5H3,(H,37,43)(H,38,45)/t23-,24+,33-/m0/s1.